The summed E-state index contributed by atoms with van der Waals surface area (Å²) >= 11 is 1.56. The van der Waals surface area contributed by atoms with Crippen molar-refractivity contribution >= 4 is 27.9 Å². The van der Waals surface area contributed by atoms with E-state index in [1.54, 1.807) is 35.6 Å². The topological polar surface area (TPSA) is 17.1 Å². The van der Waals surface area contributed by atoms with Crippen LogP contribution >= 0.6 is 11.3 Å². The Hall–Kier alpha value is -2.00. The van der Waals surface area contributed by atoms with E-state index in [4.69, 9.17) is 0 Å². The molecule has 0 atom stereocenters. The van der Waals surface area contributed by atoms with Crippen molar-refractivity contribution in [3.05, 3.63) is 70.2 Å². The highest BCUT2D eigenvalue weighted by Crippen LogP contribution is 2.23. The van der Waals surface area contributed by atoms with E-state index in [-0.39, 0.29) is 11.6 Å². The maximum absolute atomic E-state index is 13.7. The molecule has 0 amide bonds. The van der Waals surface area contributed by atoms with E-state index in [0.717, 1.165) is 4.88 Å². The Morgan fingerprint density at radius 3 is 2.53 bits per heavy atom. The van der Waals surface area contributed by atoms with Gasteiger partial charge in [-0.05, 0) is 29.0 Å². The molecule has 2 aromatic carbocycles. The van der Waals surface area contributed by atoms with Gasteiger partial charge in [0.05, 0.1) is 0 Å². The lowest BCUT2D eigenvalue weighted by molar-refractivity contribution is 0.0995. The second-order valence-corrected chi connectivity index (χ2v) is 5.35. The second kappa shape index (κ2) is 4.94. The number of carbonyl (C=O) groups excluding carboxylic acids is 1. The molecule has 19 heavy (non-hydrogen) atoms. The van der Waals surface area contributed by atoms with Gasteiger partial charge in [0.1, 0.15) is 5.82 Å². The summed E-state index contributed by atoms with van der Waals surface area (Å²) in [7, 11) is 0. The van der Waals surface area contributed by atoms with Crippen LogP contribution in [-0.2, 0) is 6.42 Å². The van der Waals surface area contributed by atoms with Gasteiger partial charge in [0.2, 0.25) is 0 Å². The molecule has 1 heterocycles. The molecular formula is C16H11FOS. The van der Waals surface area contributed by atoms with Gasteiger partial charge >= 0.3 is 0 Å². The number of benzene rings is 2. The lowest BCUT2D eigenvalue weighted by Crippen LogP contribution is -2.03. The standard InChI is InChI=1S/C16H11FOS/c17-15-8-7-14(12-5-1-2-6-13(12)15)16(18)10-11-4-3-9-19-11/h1-9H,10H2. The van der Waals surface area contributed by atoms with Crippen LogP contribution in [0.2, 0.25) is 0 Å². The number of halogens is 1. The van der Waals surface area contributed by atoms with Gasteiger partial charge in [0, 0.05) is 22.2 Å². The number of carbonyl (C=O) groups is 1. The van der Waals surface area contributed by atoms with Gasteiger partial charge in [0.25, 0.3) is 0 Å². The average Bonchev–Trinajstić information content (AvgIpc) is 2.92. The lowest BCUT2D eigenvalue weighted by Gasteiger charge is -2.06. The summed E-state index contributed by atoms with van der Waals surface area (Å²) in [4.78, 5) is 13.3. The summed E-state index contributed by atoms with van der Waals surface area (Å²) in [5.41, 5.74) is 0.588. The van der Waals surface area contributed by atoms with Gasteiger partial charge in [0.15, 0.2) is 5.78 Å². The van der Waals surface area contributed by atoms with Crippen molar-refractivity contribution in [1.82, 2.24) is 0 Å². The Bertz CT molecular complexity index is 732. The third kappa shape index (κ3) is 2.29. The molecule has 0 radical (unpaired) electrons. The van der Waals surface area contributed by atoms with E-state index in [1.165, 1.54) is 6.07 Å². The molecular weight excluding hydrogens is 259 g/mol. The fourth-order valence-electron chi connectivity index (χ4n) is 2.17. The lowest BCUT2D eigenvalue weighted by atomic mass is 9.99. The first-order valence-electron chi connectivity index (χ1n) is 5.98. The predicted octanol–water partition coefficient (Wildman–Crippen LogP) is 4.47. The molecule has 0 aliphatic heterocycles. The van der Waals surface area contributed by atoms with Gasteiger partial charge in [-0.3, -0.25) is 4.79 Å². The molecule has 3 aromatic rings. The van der Waals surface area contributed by atoms with Gasteiger partial charge in [-0.1, -0.05) is 30.3 Å². The summed E-state index contributed by atoms with van der Waals surface area (Å²) < 4.78 is 13.7. The molecule has 3 rings (SSSR count). The third-order valence-corrected chi connectivity index (χ3v) is 3.96. The van der Waals surface area contributed by atoms with Crippen molar-refractivity contribution in [2.75, 3.05) is 0 Å². The Morgan fingerprint density at radius 1 is 1.00 bits per heavy atom. The minimum Gasteiger partial charge on any atom is -0.294 e. The minimum absolute atomic E-state index is 0.0265. The minimum atomic E-state index is -0.289. The van der Waals surface area contributed by atoms with E-state index >= 15 is 0 Å². The zero-order valence-electron chi connectivity index (χ0n) is 10.1. The molecule has 0 saturated heterocycles. The summed E-state index contributed by atoms with van der Waals surface area (Å²) in [5, 5.41) is 3.13. The van der Waals surface area contributed by atoms with Crippen molar-refractivity contribution < 1.29 is 9.18 Å². The maximum atomic E-state index is 13.7. The van der Waals surface area contributed by atoms with E-state index in [1.807, 2.05) is 23.6 Å². The largest absolute Gasteiger partial charge is 0.294 e. The van der Waals surface area contributed by atoms with Crippen LogP contribution in [0.1, 0.15) is 15.2 Å². The quantitative estimate of drug-likeness (QED) is 0.642. The van der Waals surface area contributed by atoms with Gasteiger partial charge in [-0.25, -0.2) is 4.39 Å². The molecule has 0 aliphatic rings. The van der Waals surface area contributed by atoms with Crippen LogP contribution in [0.5, 0.6) is 0 Å². The Balaban J connectivity index is 2.05. The average molecular weight is 270 g/mol. The number of ketones is 1. The van der Waals surface area contributed by atoms with Gasteiger partial charge in [-0.2, -0.15) is 0 Å². The van der Waals surface area contributed by atoms with E-state index in [2.05, 4.69) is 0 Å². The van der Waals surface area contributed by atoms with Crippen LogP contribution in [0.25, 0.3) is 10.8 Å². The number of Topliss-reactive ketones (excluding diaryl/α,β-unsaturated/α-hetero) is 1. The molecule has 3 heteroatoms. The van der Waals surface area contributed by atoms with Crippen LogP contribution in [-0.4, -0.2) is 5.78 Å². The normalized spacial score (nSPS) is 10.8. The molecule has 0 spiro atoms. The first-order valence-corrected chi connectivity index (χ1v) is 6.86. The van der Waals surface area contributed by atoms with Crippen molar-refractivity contribution in [1.29, 1.82) is 0 Å². The molecule has 0 aliphatic carbocycles. The molecule has 0 unspecified atom stereocenters. The van der Waals surface area contributed by atoms with Crippen LogP contribution in [0, 0.1) is 5.82 Å². The smallest absolute Gasteiger partial charge is 0.168 e. The van der Waals surface area contributed by atoms with Crippen molar-refractivity contribution in [3.8, 4) is 0 Å². The fourth-order valence-corrected chi connectivity index (χ4v) is 2.88. The van der Waals surface area contributed by atoms with Gasteiger partial charge < -0.3 is 0 Å². The molecule has 0 bridgehead atoms. The zero-order chi connectivity index (χ0) is 13.2. The predicted molar refractivity (Wildman–Crippen MR) is 76.3 cm³/mol. The molecule has 1 aromatic heterocycles. The highest BCUT2D eigenvalue weighted by Gasteiger charge is 2.13. The first kappa shape index (κ1) is 12.1. The van der Waals surface area contributed by atoms with E-state index in [0.29, 0.717) is 22.8 Å². The number of fused-ring (bicyclic) bond motifs is 1. The molecule has 0 saturated carbocycles. The molecule has 0 fully saturated rings. The highest BCUT2D eigenvalue weighted by molar-refractivity contribution is 7.10. The first-order chi connectivity index (χ1) is 9.25. The summed E-state index contributed by atoms with van der Waals surface area (Å²) in [5.74, 6) is -0.262. The monoisotopic (exact) mass is 270 g/mol. The van der Waals surface area contributed by atoms with Crippen LogP contribution in [0.3, 0.4) is 0 Å². The zero-order valence-corrected chi connectivity index (χ0v) is 10.9. The third-order valence-electron chi connectivity index (χ3n) is 3.09. The number of thiophene rings is 1. The summed E-state index contributed by atoms with van der Waals surface area (Å²) in [6.07, 6.45) is 0.368. The second-order valence-electron chi connectivity index (χ2n) is 4.32. The molecule has 1 nitrogen and oxygen atoms in total. The molecule has 0 N–H and O–H groups in total. The Morgan fingerprint density at radius 2 is 1.79 bits per heavy atom. The van der Waals surface area contributed by atoms with Crippen molar-refractivity contribution in [2.24, 2.45) is 0 Å². The van der Waals surface area contributed by atoms with Crippen LogP contribution in [0.4, 0.5) is 4.39 Å². The molecule has 94 valence electrons. The fraction of sp³-hybridized carbons (Fsp3) is 0.0625. The van der Waals surface area contributed by atoms with Gasteiger partial charge in [-0.15, -0.1) is 11.3 Å². The number of hydrogen-bond acceptors (Lipinski definition) is 2. The number of hydrogen-bond donors (Lipinski definition) is 0. The van der Waals surface area contributed by atoms with E-state index in [9.17, 15) is 9.18 Å². The SMILES string of the molecule is O=C(Cc1cccs1)c1ccc(F)c2ccccc12. The maximum Gasteiger partial charge on any atom is 0.168 e. The van der Waals surface area contributed by atoms with E-state index < -0.39 is 0 Å². The number of rotatable bonds is 3. The summed E-state index contributed by atoms with van der Waals surface area (Å²) in [6.45, 7) is 0. The Labute approximate surface area is 114 Å². The highest BCUT2D eigenvalue weighted by atomic mass is 32.1. The summed E-state index contributed by atoms with van der Waals surface area (Å²) in [6, 6.07) is 13.9. The Kier molecular flexibility index (Phi) is 3.13. The van der Waals surface area contributed by atoms with Crippen molar-refractivity contribution in [2.45, 2.75) is 6.42 Å². The van der Waals surface area contributed by atoms with Crippen molar-refractivity contribution in [3.63, 3.8) is 0 Å². The van der Waals surface area contributed by atoms with Crippen LogP contribution in [0.15, 0.2) is 53.9 Å². The van der Waals surface area contributed by atoms with Crippen LogP contribution < -0.4 is 0 Å².